The van der Waals surface area contributed by atoms with Crippen LogP contribution in [0.5, 0.6) is 5.75 Å². The van der Waals surface area contributed by atoms with Gasteiger partial charge in [0, 0.05) is 18.1 Å². The molecule has 0 aromatic heterocycles. The van der Waals surface area contributed by atoms with E-state index in [1.165, 1.54) is 5.56 Å². The van der Waals surface area contributed by atoms with Crippen LogP contribution in [-0.4, -0.2) is 12.2 Å². The largest absolute Gasteiger partial charge is 0.507 e. The number of benzene rings is 2. The van der Waals surface area contributed by atoms with Gasteiger partial charge in [0.25, 0.3) is 0 Å². The highest BCUT2D eigenvalue weighted by Crippen LogP contribution is 2.39. The van der Waals surface area contributed by atoms with Crippen molar-refractivity contribution < 1.29 is 9.84 Å². The molecule has 2 nitrogen and oxygen atoms in total. The molecule has 0 atom stereocenters. The molecule has 20 heavy (non-hydrogen) atoms. The molecule has 0 unspecified atom stereocenters. The molecule has 0 aliphatic heterocycles. The van der Waals surface area contributed by atoms with Gasteiger partial charge in [-0.15, -0.1) is 0 Å². The first-order chi connectivity index (χ1) is 9.46. The van der Waals surface area contributed by atoms with E-state index >= 15 is 0 Å². The van der Waals surface area contributed by atoms with Crippen molar-refractivity contribution in [1.29, 1.82) is 0 Å². The highest BCUT2D eigenvalue weighted by atomic mass is 16.5. The Bertz CT molecular complexity index is 586. The van der Waals surface area contributed by atoms with Gasteiger partial charge in [0.05, 0.1) is 6.61 Å². The van der Waals surface area contributed by atoms with Crippen molar-refractivity contribution in [2.24, 2.45) is 0 Å². The van der Waals surface area contributed by atoms with Crippen LogP contribution < -0.4 is 0 Å². The van der Waals surface area contributed by atoms with Crippen LogP contribution in [0.25, 0.3) is 0 Å². The molecular formula is C18H22O2. The SMILES string of the molecule is COCc1cc(C)c(O)c(C(C)(C)c2ccccc2)c1. The highest BCUT2D eigenvalue weighted by Gasteiger charge is 2.27. The predicted octanol–water partition coefficient (Wildman–Crippen LogP) is 4.17. The monoisotopic (exact) mass is 270 g/mol. The Morgan fingerprint density at radius 3 is 2.35 bits per heavy atom. The van der Waals surface area contributed by atoms with Crippen molar-refractivity contribution in [2.75, 3.05) is 7.11 Å². The van der Waals surface area contributed by atoms with Gasteiger partial charge in [-0.2, -0.15) is 0 Å². The molecule has 0 saturated heterocycles. The average molecular weight is 270 g/mol. The van der Waals surface area contributed by atoms with Crippen LogP contribution in [0.4, 0.5) is 0 Å². The lowest BCUT2D eigenvalue weighted by molar-refractivity contribution is 0.184. The minimum Gasteiger partial charge on any atom is -0.507 e. The molecule has 1 N–H and O–H groups in total. The second-order valence-electron chi connectivity index (χ2n) is 5.73. The third kappa shape index (κ3) is 2.70. The van der Waals surface area contributed by atoms with Crippen molar-refractivity contribution >= 4 is 0 Å². The Balaban J connectivity index is 2.56. The number of aryl methyl sites for hydroxylation is 1. The highest BCUT2D eigenvalue weighted by molar-refractivity contribution is 5.50. The van der Waals surface area contributed by atoms with Crippen molar-refractivity contribution in [2.45, 2.75) is 32.8 Å². The standard InChI is InChI=1S/C18H22O2/c1-13-10-14(12-20-4)11-16(17(13)19)18(2,3)15-8-6-5-7-9-15/h5-11,19H,12H2,1-4H3. The van der Waals surface area contributed by atoms with Crippen LogP contribution in [0.1, 0.15) is 36.1 Å². The minimum absolute atomic E-state index is 0.250. The topological polar surface area (TPSA) is 29.5 Å². The number of hydrogen-bond donors (Lipinski definition) is 1. The Morgan fingerprint density at radius 1 is 1.10 bits per heavy atom. The smallest absolute Gasteiger partial charge is 0.122 e. The molecule has 2 aromatic rings. The van der Waals surface area contributed by atoms with Crippen molar-refractivity contribution in [3.63, 3.8) is 0 Å². The summed E-state index contributed by atoms with van der Waals surface area (Å²) in [4.78, 5) is 0. The van der Waals surface area contributed by atoms with Crippen LogP contribution in [0.15, 0.2) is 42.5 Å². The Kier molecular flexibility index (Phi) is 4.15. The molecule has 0 saturated carbocycles. The van der Waals surface area contributed by atoms with E-state index in [-0.39, 0.29) is 5.41 Å². The van der Waals surface area contributed by atoms with Gasteiger partial charge in [0.1, 0.15) is 5.75 Å². The maximum Gasteiger partial charge on any atom is 0.122 e. The third-order valence-corrected chi connectivity index (χ3v) is 3.84. The van der Waals surface area contributed by atoms with Gasteiger partial charge in [-0.3, -0.25) is 0 Å². The fourth-order valence-electron chi connectivity index (χ4n) is 2.59. The maximum atomic E-state index is 10.4. The van der Waals surface area contributed by atoms with E-state index in [0.29, 0.717) is 12.4 Å². The summed E-state index contributed by atoms with van der Waals surface area (Å²) in [6, 6.07) is 14.3. The van der Waals surface area contributed by atoms with Gasteiger partial charge in [0.2, 0.25) is 0 Å². The summed E-state index contributed by atoms with van der Waals surface area (Å²) in [7, 11) is 1.68. The van der Waals surface area contributed by atoms with E-state index in [1.54, 1.807) is 7.11 Å². The number of hydrogen-bond acceptors (Lipinski definition) is 2. The number of phenols is 1. The molecule has 0 bridgehead atoms. The quantitative estimate of drug-likeness (QED) is 0.903. The van der Waals surface area contributed by atoms with Gasteiger partial charge >= 0.3 is 0 Å². The van der Waals surface area contributed by atoms with Crippen LogP contribution in [0.2, 0.25) is 0 Å². The summed E-state index contributed by atoms with van der Waals surface area (Å²) in [5, 5.41) is 10.4. The van der Waals surface area contributed by atoms with Gasteiger partial charge in [0.15, 0.2) is 0 Å². The Morgan fingerprint density at radius 2 is 1.75 bits per heavy atom. The molecule has 0 amide bonds. The first kappa shape index (κ1) is 14.6. The van der Waals surface area contributed by atoms with Crippen molar-refractivity contribution in [3.05, 3.63) is 64.7 Å². The zero-order chi connectivity index (χ0) is 14.8. The van der Waals surface area contributed by atoms with Crippen molar-refractivity contribution in [3.8, 4) is 5.75 Å². The van der Waals surface area contributed by atoms with E-state index in [4.69, 9.17) is 4.74 Å². The summed E-state index contributed by atoms with van der Waals surface area (Å²) in [6.45, 7) is 6.75. The van der Waals surface area contributed by atoms with Gasteiger partial charge in [-0.1, -0.05) is 50.2 Å². The minimum atomic E-state index is -0.250. The maximum absolute atomic E-state index is 10.4. The molecule has 0 aliphatic rings. The summed E-state index contributed by atoms with van der Waals surface area (Å²) in [5.74, 6) is 0.374. The molecule has 106 valence electrons. The zero-order valence-electron chi connectivity index (χ0n) is 12.6. The van der Waals surface area contributed by atoms with Gasteiger partial charge in [-0.05, 0) is 29.7 Å². The predicted molar refractivity (Wildman–Crippen MR) is 82.1 cm³/mol. The van der Waals surface area contributed by atoms with Gasteiger partial charge < -0.3 is 9.84 Å². The first-order valence-electron chi connectivity index (χ1n) is 6.84. The van der Waals surface area contributed by atoms with E-state index in [0.717, 1.165) is 16.7 Å². The number of methoxy groups -OCH3 is 1. The lowest BCUT2D eigenvalue weighted by Gasteiger charge is -2.28. The number of phenolic OH excluding ortho intramolecular Hbond substituents is 1. The fraction of sp³-hybridized carbons (Fsp3) is 0.333. The molecule has 2 rings (SSSR count). The molecule has 2 heteroatoms. The zero-order valence-corrected chi connectivity index (χ0v) is 12.6. The molecular weight excluding hydrogens is 248 g/mol. The fourth-order valence-corrected chi connectivity index (χ4v) is 2.59. The summed E-state index contributed by atoms with van der Waals surface area (Å²) < 4.78 is 5.21. The molecule has 2 aromatic carbocycles. The summed E-state index contributed by atoms with van der Waals surface area (Å²) in [6.07, 6.45) is 0. The first-order valence-corrected chi connectivity index (χ1v) is 6.84. The van der Waals surface area contributed by atoms with Crippen LogP contribution in [-0.2, 0) is 16.8 Å². The number of rotatable bonds is 4. The van der Waals surface area contributed by atoms with E-state index in [2.05, 4.69) is 26.0 Å². The summed E-state index contributed by atoms with van der Waals surface area (Å²) in [5.41, 5.74) is 3.85. The van der Waals surface area contributed by atoms with E-state index < -0.39 is 0 Å². The molecule has 0 fully saturated rings. The van der Waals surface area contributed by atoms with Gasteiger partial charge in [-0.25, -0.2) is 0 Å². The van der Waals surface area contributed by atoms with E-state index in [1.807, 2.05) is 37.3 Å². The third-order valence-electron chi connectivity index (χ3n) is 3.84. The summed E-state index contributed by atoms with van der Waals surface area (Å²) >= 11 is 0. The number of aromatic hydroxyl groups is 1. The Labute approximate surface area is 121 Å². The average Bonchev–Trinajstić information content (AvgIpc) is 2.43. The molecule has 0 spiro atoms. The van der Waals surface area contributed by atoms with E-state index in [9.17, 15) is 5.11 Å². The number of ether oxygens (including phenoxy) is 1. The van der Waals surface area contributed by atoms with Crippen molar-refractivity contribution in [1.82, 2.24) is 0 Å². The molecule has 0 radical (unpaired) electrons. The van der Waals surface area contributed by atoms with Crippen LogP contribution in [0, 0.1) is 6.92 Å². The van der Waals surface area contributed by atoms with Crippen LogP contribution >= 0.6 is 0 Å². The Hall–Kier alpha value is -1.80. The second-order valence-corrected chi connectivity index (χ2v) is 5.73. The molecule has 0 aliphatic carbocycles. The van der Waals surface area contributed by atoms with Crippen LogP contribution in [0.3, 0.4) is 0 Å². The normalized spacial score (nSPS) is 11.6. The second kappa shape index (κ2) is 5.68. The molecule has 0 heterocycles. The lowest BCUT2D eigenvalue weighted by atomic mass is 9.76. The lowest BCUT2D eigenvalue weighted by Crippen LogP contribution is -2.19.